The minimum Gasteiger partial charge on any atom is -0.367 e. The molecule has 3 aromatic rings. The zero-order valence-corrected chi connectivity index (χ0v) is 17.4. The molecular weight excluding hydrogens is 394 g/mol. The van der Waals surface area contributed by atoms with Crippen LogP contribution >= 0.6 is 11.6 Å². The molecular formula is C25H22ClN3O. The fourth-order valence-corrected chi connectivity index (χ4v) is 3.19. The van der Waals surface area contributed by atoms with Crippen LogP contribution in [0, 0.1) is 18.3 Å². The molecule has 0 saturated heterocycles. The summed E-state index contributed by atoms with van der Waals surface area (Å²) < 4.78 is 0. The van der Waals surface area contributed by atoms with E-state index in [1.54, 1.807) is 18.3 Å². The molecule has 1 N–H and O–H groups in total. The monoisotopic (exact) mass is 415 g/mol. The van der Waals surface area contributed by atoms with Gasteiger partial charge in [-0.25, -0.2) is 0 Å². The summed E-state index contributed by atoms with van der Waals surface area (Å²) in [5.74, 6) is -0.464. The molecule has 150 valence electrons. The molecule has 3 rings (SSSR count). The first kappa shape index (κ1) is 21.2. The molecule has 0 aliphatic heterocycles. The third kappa shape index (κ3) is 5.97. The summed E-state index contributed by atoms with van der Waals surface area (Å²) in [4.78, 5) is 14.7. The van der Waals surface area contributed by atoms with Gasteiger partial charge in [-0.1, -0.05) is 78.3 Å². The number of amides is 1. The molecule has 1 amide bonds. The molecule has 30 heavy (non-hydrogen) atoms. The molecule has 0 aromatic heterocycles. The van der Waals surface area contributed by atoms with Gasteiger partial charge < -0.3 is 10.2 Å². The Kier molecular flexibility index (Phi) is 7.26. The Bertz CT molecular complexity index is 1030. The van der Waals surface area contributed by atoms with Gasteiger partial charge in [0.25, 0.3) is 5.91 Å². The van der Waals surface area contributed by atoms with Gasteiger partial charge in [-0.3, -0.25) is 4.79 Å². The summed E-state index contributed by atoms with van der Waals surface area (Å²) in [6.07, 6.45) is 1.62. The van der Waals surface area contributed by atoms with E-state index in [1.807, 2.05) is 84.6 Å². The predicted octanol–water partition coefficient (Wildman–Crippen LogP) is 5.70. The number of nitriles is 1. The van der Waals surface area contributed by atoms with Crippen LogP contribution in [-0.2, 0) is 17.9 Å². The predicted molar refractivity (Wildman–Crippen MR) is 121 cm³/mol. The van der Waals surface area contributed by atoms with Gasteiger partial charge in [0.1, 0.15) is 11.6 Å². The summed E-state index contributed by atoms with van der Waals surface area (Å²) in [5.41, 5.74) is 3.67. The molecule has 5 heteroatoms. The van der Waals surface area contributed by atoms with Crippen LogP contribution in [0.3, 0.4) is 0 Å². The number of aryl methyl sites for hydroxylation is 1. The first-order valence-electron chi connectivity index (χ1n) is 9.56. The van der Waals surface area contributed by atoms with Gasteiger partial charge in [0.15, 0.2) is 0 Å². The highest BCUT2D eigenvalue weighted by Gasteiger charge is 2.14. The number of nitrogens with zero attached hydrogens (tertiary/aromatic N) is 2. The topological polar surface area (TPSA) is 56.1 Å². The molecule has 0 radical (unpaired) electrons. The van der Waals surface area contributed by atoms with Crippen molar-refractivity contribution >= 4 is 23.2 Å². The van der Waals surface area contributed by atoms with E-state index in [-0.39, 0.29) is 5.57 Å². The van der Waals surface area contributed by atoms with Crippen molar-refractivity contribution in [2.45, 2.75) is 20.0 Å². The number of carbonyl (C=O) groups excluding carboxylic acids is 1. The lowest BCUT2D eigenvalue weighted by molar-refractivity contribution is -0.112. The molecule has 0 aliphatic carbocycles. The number of rotatable bonds is 7. The fraction of sp³-hybridized carbons (Fsp3) is 0.120. The van der Waals surface area contributed by atoms with Crippen molar-refractivity contribution in [2.24, 2.45) is 0 Å². The maximum atomic E-state index is 12.8. The Balaban J connectivity index is 1.85. The quantitative estimate of drug-likeness (QED) is 0.398. The lowest BCUT2D eigenvalue weighted by Gasteiger charge is -2.21. The zero-order valence-electron chi connectivity index (χ0n) is 16.7. The van der Waals surface area contributed by atoms with Gasteiger partial charge in [0.2, 0.25) is 0 Å². The van der Waals surface area contributed by atoms with Crippen LogP contribution in [0.1, 0.15) is 16.7 Å². The van der Waals surface area contributed by atoms with E-state index in [1.165, 1.54) is 0 Å². The molecule has 0 spiro atoms. The van der Waals surface area contributed by atoms with Crippen LogP contribution in [0.25, 0.3) is 0 Å². The Morgan fingerprint density at radius 1 is 1.00 bits per heavy atom. The number of halogens is 1. The smallest absolute Gasteiger partial charge is 0.267 e. The minimum absolute atomic E-state index is 0.0289. The van der Waals surface area contributed by atoms with E-state index in [0.29, 0.717) is 23.8 Å². The highest BCUT2D eigenvalue weighted by atomic mass is 35.5. The van der Waals surface area contributed by atoms with E-state index in [2.05, 4.69) is 5.32 Å². The van der Waals surface area contributed by atoms with Crippen molar-refractivity contribution in [3.63, 3.8) is 0 Å². The third-order valence-electron chi connectivity index (χ3n) is 4.58. The summed E-state index contributed by atoms with van der Waals surface area (Å²) in [7, 11) is 0. The largest absolute Gasteiger partial charge is 0.367 e. The maximum Gasteiger partial charge on any atom is 0.267 e. The van der Waals surface area contributed by atoms with Crippen molar-refractivity contribution in [1.82, 2.24) is 4.90 Å². The van der Waals surface area contributed by atoms with Crippen molar-refractivity contribution in [1.29, 1.82) is 5.26 Å². The lowest BCUT2D eigenvalue weighted by Crippen LogP contribution is -2.21. The minimum atomic E-state index is -0.464. The van der Waals surface area contributed by atoms with Gasteiger partial charge in [0, 0.05) is 30.0 Å². The zero-order chi connectivity index (χ0) is 21.3. The molecule has 0 heterocycles. The van der Waals surface area contributed by atoms with Gasteiger partial charge in [-0.05, 0) is 35.7 Å². The summed E-state index contributed by atoms with van der Waals surface area (Å²) in [6.45, 7) is 3.02. The third-order valence-corrected chi connectivity index (χ3v) is 4.82. The average Bonchev–Trinajstić information content (AvgIpc) is 2.76. The van der Waals surface area contributed by atoms with Gasteiger partial charge >= 0.3 is 0 Å². The Morgan fingerprint density at radius 2 is 1.57 bits per heavy atom. The molecule has 0 bridgehead atoms. The summed E-state index contributed by atoms with van der Waals surface area (Å²) in [5, 5.41) is 13.0. The molecule has 4 nitrogen and oxygen atoms in total. The first-order valence-corrected chi connectivity index (χ1v) is 9.94. The van der Waals surface area contributed by atoms with Crippen molar-refractivity contribution in [2.75, 3.05) is 5.32 Å². The molecule has 0 unspecified atom stereocenters. The van der Waals surface area contributed by atoms with E-state index in [4.69, 9.17) is 11.6 Å². The Morgan fingerprint density at radius 3 is 2.10 bits per heavy atom. The lowest BCUT2D eigenvalue weighted by atomic mass is 10.1. The van der Waals surface area contributed by atoms with Crippen molar-refractivity contribution < 1.29 is 4.79 Å². The number of benzene rings is 3. The number of hydrogen-bond donors (Lipinski definition) is 1. The van der Waals surface area contributed by atoms with Crippen molar-refractivity contribution in [3.05, 3.63) is 112 Å². The van der Waals surface area contributed by atoms with E-state index >= 15 is 0 Å². The second-order valence-corrected chi connectivity index (χ2v) is 7.38. The van der Waals surface area contributed by atoms with Crippen LogP contribution < -0.4 is 5.32 Å². The molecule has 0 aliphatic rings. The fourth-order valence-electron chi connectivity index (χ4n) is 3.02. The summed E-state index contributed by atoms with van der Waals surface area (Å²) in [6, 6.07) is 27.2. The van der Waals surface area contributed by atoms with Crippen molar-refractivity contribution in [3.8, 4) is 6.07 Å². The van der Waals surface area contributed by atoms with Crippen LogP contribution in [-0.4, -0.2) is 10.8 Å². The van der Waals surface area contributed by atoms with Gasteiger partial charge in [0.05, 0.1) is 0 Å². The standard InChI is InChI=1S/C25H22ClN3O/c1-19-12-13-23(26)14-24(19)28-25(30)22(15-27)18-29(16-20-8-4-2-5-9-20)17-21-10-6-3-7-11-21/h2-14,18H,16-17H2,1H3,(H,28,30)/b22-18-. The number of nitrogens with one attached hydrogen (secondary N) is 1. The van der Waals surface area contributed by atoms with Gasteiger partial charge in [-0.2, -0.15) is 5.26 Å². The Labute approximate surface area is 182 Å². The highest BCUT2D eigenvalue weighted by Crippen LogP contribution is 2.21. The number of hydrogen-bond acceptors (Lipinski definition) is 3. The summed E-state index contributed by atoms with van der Waals surface area (Å²) >= 11 is 6.04. The Hall–Kier alpha value is -3.55. The molecule has 0 saturated carbocycles. The molecule has 3 aromatic carbocycles. The van der Waals surface area contributed by atoms with Crippen LogP contribution in [0.4, 0.5) is 5.69 Å². The highest BCUT2D eigenvalue weighted by molar-refractivity contribution is 6.31. The average molecular weight is 416 g/mol. The van der Waals surface area contributed by atoms with Gasteiger partial charge in [-0.15, -0.1) is 0 Å². The molecule has 0 fully saturated rings. The van der Waals surface area contributed by atoms with Crippen LogP contribution in [0.5, 0.6) is 0 Å². The van der Waals surface area contributed by atoms with E-state index in [0.717, 1.165) is 16.7 Å². The first-order chi connectivity index (χ1) is 14.5. The molecule has 0 atom stereocenters. The SMILES string of the molecule is Cc1ccc(Cl)cc1NC(=O)/C(C#N)=C\N(Cc1ccccc1)Cc1ccccc1. The van der Waals surface area contributed by atoms with Crippen LogP contribution in [0.15, 0.2) is 90.6 Å². The maximum absolute atomic E-state index is 12.8. The number of anilines is 1. The van der Waals surface area contributed by atoms with E-state index < -0.39 is 5.91 Å². The van der Waals surface area contributed by atoms with E-state index in [9.17, 15) is 10.1 Å². The normalized spacial score (nSPS) is 10.9. The van der Waals surface area contributed by atoms with Crippen LogP contribution in [0.2, 0.25) is 5.02 Å². The second kappa shape index (κ2) is 10.3. The second-order valence-electron chi connectivity index (χ2n) is 6.94. The number of carbonyl (C=O) groups is 1.